The van der Waals surface area contributed by atoms with Crippen molar-refractivity contribution in [2.75, 3.05) is 18.0 Å². The molecule has 1 fully saturated rings. The summed E-state index contributed by atoms with van der Waals surface area (Å²) in [5.41, 5.74) is 0. The van der Waals surface area contributed by atoms with Crippen LogP contribution in [0, 0.1) is 0 Å². The third-order valence-electron chi connectivity index (χ3n) is 2.70. The molecule has 1 atom stereocenters. The molecule has 2 heterocycles. The summed E-state index contributed by atoms with van der Waals surface area (Å²) in [6.45, 7) is 5.68. The molecule has 16 heavy (non-hydrogen) atoms. The molecule has 0 aliphatic carbocycles. The van der Waals surface area contributed by atoms with Gasteiger partial charge in [0.05, 0.1) is 6.10 Å². The van der Waals surface area contributed by atoms with Crippen LogP contribution >= 0.6 is 15.9 Å². The first-order valence-corrected chi connectivity index (χ1v) is 6.33. The molecule has 88 valence electrons. The zero-order valence-corrected chi connectivity index (χ0v) is 11.1. The number of hydrogen-bond acceptors (Lipinski definition) is 4. The number of β-amino-alcohol motifs (C(OH)–C–C–N with tert-alkyl or cyclic N) is 1. The standard InChI is InChI=1S/C11H16BrN3O/c1-7(2)11-13-9(12)5-10(14-11)15-4-3-8(16)6-15/h5,7-8,16H,3-4,6H2,1-2H3. The Kier molecular flexibility index (Phi) is 3.44. The van der Waals surface area contributed by atoms with Gasteiger partial charge in [-0.25, -0.2) is 9.97 Å². The van der Waals surface area contributed by atoms with Crippen LogP contribution < -0.4 is 4.90 Å². The third kappa shape index (κ3) is 2.52. The number of anilines is 1. The second-order valence-corrected chi connectivity index (χ2v) is 5.26. The zero-order valence-electron chi connectivity index (χ0n) is 9.52. The topological polar surface area (TPSA) is 49.2 Å². The fraction of sp³-hybridized carbons (Fsp3) is 0.636. The maximum atomic E-state index is 9.51. The molecule has 0 bridgehead atoms. The molecule has 1 aromatic rings. The van der Waals surface area contributed by atoms with Gasteiger partial charge in [-0.05, 0) is 22.4 Å². The van der Waals surface area contributed by atoms with Crippen LogP contribution in [-0.4, -0.2) is 34.3 Å². The van der Waals surface area contributed by atoms with Gasteiger partial charge in [-0.3, -0.25) is 0 Å². The first-order valence-electron chi connectivity index (χ1n) is 5.53. The molecular formula is C11H16BrN3O. The number of aliphatic hydroxyl groups excluding tert-OH is 1. The predicted molar refractivity (Wildman–Crippen MR) is 66.7 cm³/mol. The average molecular weight is 286 g/mol. The van der Waals surface area contributed by atoms with E-state index in [0.717, 1.165) is 29.2 Å². The average Bonchev–Trinajstić information content (AvgIpc) is 2.64. The van der Waals surface area contributed by atoms with Crippen molar-refractivity contribution >= 4 is 21.7 Å². The summed E-state index contributed by atoms with van der Waals surface area (Å²) in [6.07, 6.45) is 0.592. The van der Waals surface area contributed by atoms with Crippen molar-refractivity contribution in [2.45, 2.75) is 32.3 Å². The normalized spacial score (nSPS) is 20.8. The van der Waals surface area contributed by atoms with Crippen LogP contribution in [0.15, 0.2) is 10.7 Å². The van der Waals surface area contributed by atoms with Gasteiger partial charge in [0.15, 0.2) is 0 Å². The molecule has 0 aromatic carbocycles. The Bertz CT molecular complexity index is 383. The fourth-order valence-electron chi connectivity index (χ4n) is 1.79. The maximum absolute atomic E-state index is 9.51. The highest BCUT2D eigenvalue weighted by atomic mass is 79.9. The molecule has 0 spiro atoms. The summed E-state index contributed by atoms with van der Waals surface area (Å²) < 4.78 is 0.808. The van der Waals surface area contributed by atoms with Gasteiger partial charge in [-0.1, -0.05) is 13.8 Å². The van der Waals surface area contributed by atoms with Gasteiger partial charge in [-0.2, -0.15) is 0 Å². The minimum atomic E-state index is -0.226. The molecule has 4 nitrogen and oxygen atoms in total. The monoisotopic (exact) mass is 285 g/mol. The Hall–Kier alpha value is -0.680. The van der Waals surface area contributed by atoms with E-state index in [9.17, 15) is 5.11 Å². The Morgan fingerprint density at radius 3 is 2.81 bits per heavy atom. The molecule has 1 aromatic heterocycles. The largest absolute Gasteiger partial charge is 0.391 e. The van der Waals surface area contributed by atoms with Gasteiger partial charge in [0.1, 0.15) is 16.2 Å². The van der Waals surface area contributed by atoms with Crippen molar-refractivity contribution in [3.63, 3.8) is 0 Å². The highest BCUT2D eigenvalue weighted by Gasteiger charge is 2.22. The molecule has 1 saturated heterocycles. The number of nitrogens with zero attached hydrogens (tertiary/aromatic N) is 3. The van der Waals surface area contributed by atoms with Crippen molar-refractivity contribution < 1.29 is 5.11 Å². The molecule has 1 aliphatic heterocycles. The van der Waals surface area contributed by atoms with E-state index < -0.39 is 0 Å². The zero-order chi connectivity index (χ0) is 11.7. The summed E-state index contributed by atoms with van der Waals surface area (Å²) in [5.74, 6) is 2.05. The Balaban J connectivity index is 2.27. The lowest BCUT2D eigenvalue weighted by Gasteiger charge is -2.18. The molecule has 1 N–H and O–H groups in total. The van der Waals surface area contributed by atoms with Crippen LogP contribution in [0.5, 0.6) is 0 Å². The number of aromatic nitrogens is 2. The summed E-state index contributed by atoms with van der Waals surface area (Å²) in [6, 6.07) is 1.91. The lowest BCUT2D eigenvalue weighted by molar-refractivity contribution is 0.198. The van der Waals surface area contributed by atoms with E-state index in [1.807, 2.05) is 6.07 Å². The lowest BCUT2D eigenvalue weighted by atomic mass is 10.2. The van der Waals surface area contributed by atoms with Gasteiger partial charge in [0.25, 0.3) is 0 Å². The van der Waals surface area contributed by atoms with E-state index in [1.54, 1.807) is 0 Å². The fourth-order valence-corrected chi connectivity index (χ4v) is 2.18. The minimum absolute atomic E-state index is 0.226. The molecule has 2 rings (SSSR count). The summed E-state index contributed by atoms with van der Waals surface area (Å²) in [7, 11) is 0. The van der Waals surface area contributed by atoms with Crippen LogP contribution in [0.3, 0.4) is 0 Å². The third-order valence-corrected chi connectivity index (χ3v) is 3.11. The Morgan fingerprint density at radius 1 is 1.50 bits per heavy atom. The van der Waals surface area contributed by atoms with Crippen LogP contribution in [0.1, 0.15) is 32.0 Å². The van der Waals surface area contributed by atoms with Gasteiger partial charge < -0.3 is 10.0 Å². The summed E-state index contributed by atoms with van der Waals surface area (Å²) in [4.78, 5) is 11.0. The number of hydrogen-bond donors (Lipinski definition) is 1. The van der Waals surface area contributed by atoms with E-state index in [1.165, 1.54) is 0 Å². The van der Waals surface area contributed by atoms with Gasteiger partial charge >= 0.3 is 0 Å². The second kappa shape index (κ2) is 4.67. The van der Waals surface area contributed by atoms with E-state index in [-0.39, 0.29) is 6.10 Å². The molecule has 5 heteroatoms. The molecule has 0 radical (unpaired) electrons. The summed E-state index contributed by atoms with van der Waals surface area (Å²) in [5, 5.41) is 9.51. The van der Waals surface area contributed by atoms with Crippen LogP contribution in [0.4, 0.5) is 5.82 Å². The smallest absolute Gasteiger partial charge is 0.134 e. The van der Waals surface area contributed by atoms with Crippen molar-refractivity contribution in [2.24, 2.45) is 0 Å². The molecule has 0 saturated carbocycles. The Labute approximate surface area is 104 Å². The minimum Gasteiger partial charge on any atom is -0.391 e. The van der Waals surface area contributed by atoms with Crippen LogP contribution in [-0.2, 0) is 0 Å². The molecule has 0 amide bonds. The van der Waals surface area contributed by atoms with E-state index in [0.29, 0.717) is 12.5 Å². The van der Waals surface area contributed by atoms with Gasteiger partial charge in [-0.15, -0.1) is 0 Å². The van der Waals surface area contributed by atoms with Crippen molar-refractivity contribution in [3.05, 3.63) is 16.5 Å². The molecule has 1 aliphatic rings. The predicted octanol–water partition coefficient (Wildman–Crippen LogP) is 1.93. The first-order chi connectivity index (χ1) is 7.56. The highest BCUT2D eigenvalue weighted by Crippen LogP contribution is 2.23. The molecular weight excluding hydrogens is 270 g/mol. The quantitative estimate of drug-likeness (QED) is 0.844. The van der Waals surface area contributed by atoms with Crippen molar-refractivity contribution in [3.8, 4) is 0 Å². The van der Waals surface area contributed by atoms with E-state index in [2.05, 4.69) is 44.6 Å². The second-order valence-electron chi connectivity index (χ2n) is 4.45. The maximum Gasteiger partial charge on any atom is 0.134 e. The SMILES string of the molecule is CC(C)c1nc(Br)cc(N2CCC(O)C2)n1. The van der Waals surface area contributed by atoms with Crippen LogP contribution in [0.2, 0.25) is 0 Å². The molecule has 1 unspecified atom stereocenters. The first kappa shape index (κ1) is 11.8. The highest BCUT2D eigenvalue weighted by molar-refractivity contribution is 9.10. The number of halogens is 1. The van der Waals surface area contributed by atoms with Crippen LogP contribution in [0.25, 0.3) is 0 Å². The van der Waals surface area contributed by atoms with Gasteiger partial charge in [0, 0.05) is 25.1 Å². The lowest BCUT2D eigenvalue weighted by Crippen LogP contribution is -2.23. The Morgan fingerprint density at radius 2 is 2.25 bits per heavy atom. The summed E-state index contributed by atoms with van der Waals surface area (Å²) >= 11 is 3.40. The van der Waals surface area contributed by atoms with Crippen molar-refractivity contribution in [1.29, 1.82) is 0 Å². The number of aliphatic hydroxyl groups is 1. The van der Waals surface area contributed by atoms with E-state index >= 15 is 0 Å². The number of rotatable bonds is 2. The van der Waals surface area contributed by atoms with Crippen molar-refractivity contribution in [1.82, 2.24) is 9.97 Å². The van der Waals surface area contributed by atoms with Gasteiger partial charge in [0.2, 0.25) is 0 Å². The van der Waals surface area contributed by atoms with E-state index in [4.69, 9.17) is 0 Å².